The highest BCUT2D eigenvalue weighted by molar-refractivity contribution is 5.91. The summed E-state index contributed by atoms with van der Waals surface area (Å²) >= 11 is 0. The molecule has 1 N–H and O–H groups in total. The van der Waals surface area contributed by atoms with E-state index in [1.165, 1.54) is 48.9 Å². The Balaban J connectivity index is 1.22. The van der Waals surface area contributed by atoms with E-state index < -0.39 is 0 Å². The van der Waals surface area contributed by atoms with Crippen molar-refractivity contribution in [3.8, 4) is 0 Å². The van der Waals surface area contributed by atoms with Crippen LogP contribution >= 0.6 is 0 Å². The van der Waals surface area contributed by atoms with Crippen LogP contribution in [0, 0.1) is 28.6 Å². The molecule has 36 heavy (non-hydrogen) atoms. The minimum Gasteiger partial charge on any atom is -0.387 e. The highest BCUT2D eigenvalue weighted by Crippen LogP contribution is 2.63. The van der Waals surface area contributed by atoms with Gasteiger partial charge in [0.15, 0.2) is 5.78 Å². The summed E-state index contributed by atoms with van der Waals surface area (Å²) in [5.74, 6) is 2.69. The zero-order chi connectivity index (χ0) is 24.8. The van der Waals surface area contributed by atoms with E-state index in [2.05, 4.69) is 72.9 Å². The van der Waals surface area contributed by atoms with E-state index in [1.807, 2.05) is 6.08 Å². The molecule has 1 saturated heterocycles. The summed E-state index contributed by atoms with van der Waals surface area (Å²) in [7, 11) is 0. The first-order valence-corrected chi connectivity index (χ1v) is 14.1. The number of nitrogens with one attached hydrogen (secondary N) is 1. The maximum atomic E-state index is 13.8. The predicted molar refractivity (Wildman–Crippen MR) is 143 cm³/mol. The summed E-state index contributed by atoms with van der Waals surface area (Å²) in [6.07, 6.45) is 10.9. The molecule has 0 unspecified atom stereocenters. The SMILES string of the molecule is C[C@]12CCC(=O)C=C1NC[C@H]1[C@@H]3CCC[C@@]3(CC(=O)CC(c3ccccc3)c3ccccc3)CC[C@@H]12. The fourth-order valence-electron chi connectivity index (χ4n) is 8.74. The average molecular weight is 482 g/mol. The zero-order valence-corrected chi connectivity index (χ0v) is 21.5. The van der Waals surface area contributed by atoms with Crippen LogP contribution in [-0.2, 0) is 9.59 Å². The number of Topliss-reactive ketones (excluding diaryl/α,β-unsaturated/α-hetero) is 1. The standard InChI is InChI=1S/C33H39NO2/c1-32-17-14-25(35)20-31(32)34-22-28-29(32)15-18-33(16-8-13-30(28)33)21-26(36)19-27(23-9-4-2-5-10-23)24-11-6-3-7-12-24/h2-7,9-12,20,27-30,34H,8,13-19,21-22H2,1H3/t28-,29+,30+,32-,33+/m1/s1. The monoisotopic (exact) mass is 481 g/mol. The number of allylic oxidation sites excluding steroid dienone is 2. The molecule has 0 amide bonds. The van der Waals surface area contributed by atoms with Gasteiger partial charge in [0, 0.05) is 48.9 Å². The Kier molecular flexibility index (Phi) is 6.14. The van der Waals surface area contributed by atoms with Crippen LogP contribution < -0.4 is 5.32 Å². The van der Waals surface area contributed by atoms with Crippen LogP contribution in [-0.4, -0.2) is 18.1 Å². The van der Waals surface area contributed by atoms with Gasteiger partial charge in [-0.2, -0.15) is 0 Å². The van der Waals surface area contributed by atoms with Gasteiger partial charge in [0.2, 0.25) is 0 Å². The molecule has 188 valence electrons. The molecule has 3 fully saturated rings. The Bertz CT molecular complexity index is 1120. The molecule has 2 saturated carbocycles. The lowest BCUT2D eigenvalue weighted by atomic mass is 9.49. The lowest BCUT2D eigenvalue weighted by Crippen LogP contribution is -2.56. The molecule has 2 aromatic rings. The molecule has 1 heterocycles. The summed E-state index contributed by atoms with van der Waals surface area (Å²) in [6.45, 7) is 3.36. The molecule has 3 nitrogen and oxygen atoms in total. The second kappa shape index (κ2) is 9.32. The van der Waals surface area contributed by atoms with Gasteiger partial charge in [-0.05, 0) is 66.4 Å². The highest BCUT2D eigenvalue weighted by Gasteiger charge is 2.58. The fraction of sp³-hybridized carbons (Fsp3) is 0.515. The van der Waals surface area contributed by atoms with Gasteiger partial charge in [0.25, 0.3) is 0 Å². The fourth-order valence-corrected chi connectivity index (χ4v) is 8.74. The maximum absolute atomic E-state index is 13.8. The Morgan fingerprint density at radius 3 is 2.33 bits per heavy atom. The van der Waals surface area contributed by atoms with Crippen LogP contribution in [0.25, 0.3) is 0 Å². The maximum Gasteiger partial charge on any atom is 0.157 e. The largest absolute Gasteiger partial charge is 0.387 e. The molecule has 3 heteroatoms. The van der Waals surface area contributed by atoms with Gasteiger partial charge in [-0.15, -0.1) is 0 Å². The van der Waals surface area contributed by atoms with E-state index in [1.54, 1.807) is 0 Å². The van der Waals surface area contributed by atoms with E-state index in [-0.39, 0.29) is 22.5 Å². The van der Waals surface area contributed by atoms with Crippen molar-refractivity contribution in [2.24, 2.45) is 28.6 Å². The summed E-state index contributed by atoms with van der Waals surface area (Å²) in [5.41, 5.74) is 3.92. The number of rotatable bonds is 6. The Labute approximate surface area is 215 Å². The van der Waals surface area contributed by atoms with E-state index in [0.29, 0.717) is 36.4 Å². The highest BCUT2D eigenvalue weighted by atomic mass is 16.1. The van der Waals surface area contributed by atoms with Gasteiger partial charge in [0.1, 0.15) is 5.78 Å². The summed E-state index contributed by atoms with van der Waals surface area (Å²) < 4.78 is 0. The van der Waals surface area contributed by atoms with Crippen molar-refractivity contribution < 1.29 is 9.59 Å². The number of benzene rings is 2. The molecule has 0 aromatic heterocycles. The molecule has 4 aliphatic rings. The Morgan fingerprint density at radius 1 is 0.944 bits per heavy atom. The number of ketones is 2. The zero-order valence-electron chi connectivity index (χ0n) is 21.5. The quantitative estimate of drug-likeness (QED) is 0.491. The van der Waals surface area contributed by atoms with Crippen LogP contribution in [0.3, 0.4) is 0 Å². The topological polar surface area (TPSA) is 46.2 Å². The number of hydrogen-bond donors (Lipinski definition) is 1. The normalized spacial score (nSPS) is 33.2. The first-order valence-electron chi connectivity index (χ1n) is 14.1. The van der Waals surface area contributed by atoms with E-state index in [0.717, 1.165) is 19.4 Å². The molecule has 2 aromatic carbocycles. The van der Waals surface area contributed by atoms with Crippen LogP contribution in [0.2, 0.25) is 0 Å². The molecule has 5 atom stereocenters. The van der Waals surface area contributed by atoms with Gasteiger partial charge in [-0.1, -0.05) is 74.0 Å². The molecule has 3 aliphatic carbocycles. The van der Waals surface area contributed by atoms with Crippen molar-refractivity contribution in [2.45, 2.75) is 70.6 Å². The summed E-state index contributed by atoms with van der Waals surface area (Å²) in [5, 5.41) is 3.70. The van der Waals surface area contributed by atoms with Gasteiger partial charge < -0.3 is 5.32 Å². The number of piperidine rings is 1. The smallest absolute Gasteiger partial charge is 0.157 e. The van der Waals surface area contributed by atoms with E-state index in [4.69, 9.17) is 0 Å². The van der Waals surface area contributed by atoms with Crippen LogP contribution in [0.1, 0.15) is 81.8 Å². The minimum absolute atomic E-state index is 0.0985. The van der Waals surface area contributed by atoms with Crippen molar-refractivity contribution in [1.29, 1.82) is 0 Å². The minimum atomic E-state index is 0.0985. The molecule has 0 radical (unpaired) electrons. The summed E-state index contributed by atoms with van der Waals surface area (Å²) in [6, 6.07) is 21.1. The van der Waals surface area contributed by atoms with Crippen molar-refractivity contribution in [2.75, 3.05) is 6.54 Å². The summed E-state index contributed by atoms with van der Waals surface area (Å²) in [4.78, 5) is 25.9. The van der Waals surface area contributed by atoms with Crippen molar-refractivity contribution in [3.63, 3.8) is 0 Å². The molecule has 0 bridgehead atoms. The third-order valence-corrected chi connectivity index (χ3v) is 10.5. The third kappa shape index (κ3) is 4.05. The number of fused-ring (bicyclic) bond motifs is 5. The van der Waals surface area contributed by atoms with Gasteiger partial charge in [0.05, 0.1) is 0 Å². The van der Waals surface area contributed by atoms with Crippen molar-refractivity contribution >= 4 is 11.6 Å². The number of carbonyl (C=O) groups is 2. The number of carbonyl (C=O) groups excluding carboxylic acids is 2. The molecule has 0 spiro atoms. The average Bonchev–Trinajstić information content (AvgIpc) is 3.32. The van der Waals surface area contributed by atoms with Gasteiger partial charge >= 0.3 is 0 Å². The first kappa shape index (κ1) is 23.7. The molecular formula is C33H39NO2. The van der Waals surface area contributed by atoms with Gasteiger partial charge in [-0.25, -0.2) is 0 Å². The van der Waals surface area contributed by atoms with Crippen LogP contribution in [0.4, 0.5) is 0 Å². The lowest BCUT2D eigenvalue weighted by molar-refractivity contribution is -0.126. The lowest BCUT2D eigenvalue weighted by Gasteiger charge is -2.58. The van der Waals surface area contributed by atoms with Crippen LogP contribution in [0.5, 0.6) is 0 Å². The molecular weight excluding hydrogens is 442 g/mol. The second-order valence-corrected chi connectivity index (χ2v) is 12.3. The van der Waals surface area contributed by atoms with Crippen molar-refractivity contribution in [1.82, 2.24) is 5.32 Å². The van der Waals surface area contributed by atoms with Gasteiger partial charge in [-0.3, -0.25) is 9.59 Å². The first-order chi connectivity index (χ1) is 17.5. The number of hydrogen-bond acceptors (Lipinski definition) is 3. The van der Waals surface area contributed by atoms with Crippen molar-refractivity contribution in [3.05, 3.63) is 83.6 Å². The van der Waals surface area contributed by atoms with Crippen LogP contribution in [0.15, 0.2) is 72.4 Å². The Hall–Kier alpha value is -2.68. The second-order valence-electron chi connectivity index (χ2n) is 12.3. The van der Waals surface area contributed by atoms with E-state index >= 15 is 0 Å². The van der Waals surface area contributed by atoms with E-state index in [9.17, 15) is 9.59 Å². The molecule has 1 aliphatic heterocycles. The molecule has 6 rings (SSSR count). The Morgan fingerprint density at radius 2 is 1.64 bits per heavy atom. The third-order valence-electron chi connectivity index (χ3n) is 10.5. The predicted octanol–water partition coefficient (Wildman–Crippen LogP) is 6.84.